The van der Waals surface area contributed by atoms with E-state index in [1.54, 1.807) is 12.1 Å². The predicted molar refractivity (Wildman–Crippen MR) is 62.9 cm³/mol. The second-order valence-electron chi connectivity index (χ2n) is 4.09. The lowest BCUT2D eigenvalue weighted by Crippen LogP contribution is -2.17. The van der Waals surface area contributed by atoms with Crippen LogP contribution in [0.2, 0.25) is 0 Å². The standard InChI is InChI=1S/C13H15FN2O/c1-9-7-13(17-16-9)8-15-10(2)11-3-5-12(14)6-4-11/h3-7,10,15H,8H2,1-2H3. The van der Waals surface area contributed by atoms with Crippen LogP contribution in [-0.2, 0) is 6.54 Å². The molecule has 2 rings (SSSR count). The Bertz CT molecular complexity index is 478. The minimum Gasteiger partial charge on any atom is -0.360 e. The van der Waals surface area contributed by atoms with Crippen LogP contribution in [0, 0.1) is 12.7 Å². The summed E-state index contributed by atoms with van der Waals surface area (Å²) in [5.41, 5.74) is 1.92. The molecule has 0 saturated heterocycles. The van der Waals surface area contributed by atoms with Crippen LogP contribution in [0.3, 0.4) is 0 Å². The van der Waals surface area contributed by atoms with Crippen LogP contribution >= 0.6 is 0 Å². The average molecular weight is 234 g/mol. The second kappa shape index (κ2) is 5.10. The molecule has 1 atom stereocenters. The minimum absolute atomic E-state index is 0.140. The molecule has 0 aliphatic carbocycles. The molecule has 0 radical (unpaired) electrons. The first-order chi connectivity index (χ1) is 8.15. The molecule has 0 aliphatic heterocycles. The highest BCUT2D eigenvalue weighted by Crippen LogP contribution is 2.13. The Morgan fingerprint density at radius 3 is 2.65 bits per heavy atom. The van der Waals surface area contributed by atoms with Crippen LogP contribution in [0.1, 0.15) is 30.0 Å². The summed E-state index contributed by atoms with van der Waals surface area (Å²) in [5.74, 6) is 0.586. The van der Waals surface area contributed by atoms with Crippen molar-refractivity contribution in [3.8, 4) is 0 Å². The summed E-state index contributed by atoms with van der Waals surface area (Å²) in [6, 6.07) is 8.51. The molecule has 1 heterocycles. The summed E-state index contributed by atoms with van der Waals surface area (Å²) < 4.78 is 17.9. The van der Waals surface area contributed by atoms with Crippen LogP contribution in [0.4, 0.5) is 4.39 Å². The minimum atomic E-state index is -0.216. The second-order valence-corrected chi connectivity index (χ2v) is 4.09. The lowest BCUT2D eigenvalue weighted by molar-refractivity contribution is 0.363. The van der Waals surface area contributed by atoms with E-state index in [2.05, 4.69) is 10.5 Å². The number of halogens is 1. The zero-order valence-corrected chi connectivity index (χ0v) is 9.90. The summed E-state index contributed by atoms with van der Waals surface area (Å²) in [6.45, 7) is 4.52. The zero-order valence-electron chi connectivity index (χ0n) is 9.90. The highest BCUT2D eigenvalue weighted by Gasteiger charge is 2.06. The first-order valence-corrected chi connectivity index (χ1v) is 5.56. The highest BCUT2D eigenvalue weighted by atomic mass is 19.1. The van der Waals surface area contributed by atoms with E-state index >= 15 is 0 Å². The Kier molecular flexibility index (Phi) is 3.54. The van der Waals surface area contributed by atoms with Crippen molar-refractivity contribution >= 4 is 0 Å². The molecule has 1 unspecified atom stereocenters. The van der Waals surface area contributed by atoms with Crippen molar-refractivity contribution in [1.82, 2.24) is 10.5 Å². The molecule has 0 bridgehead atoms. The van der Waals surface area contributed by atoms with Gasteiger partial charge in [-0.25, -0.2) is 4.39 Å². The Labute approximate surface area is 99.6 Å². The predicted octanol–water partition coefficient (Wildman–Crippen LogP) is 2.97. The highest BCUT2D eigenvalue weighted by molar-refractivity contribution is 5.19. The Hall–Kier alpha value is -1.68. The Balaban J connectivity index is 1.93. The summed E-state index contributed by atoms with van der Waals surface area (Å²) in [6.07, 6.45) is 0. The van der Waals surface area contributed by atoms with Gasteiger partial charge in [0.25, 0.3) is 0 Å². The van der Waals surface area contributed by atoms with Crippen molar-refractivity contribution in [3.63, 3.8) is 0 Å². The van der Waals surface area contributed by atoms with Crippen molar-refractivity contribution in [2.75, 3.05) is 0 Å². The molecule has 4 heteroatoms. The molecule has 0 fully saturated rings. The molecule has 0 aliphatic rings. The maximum Gasteiger partial charge on any atom is 0.150 e. The molecule has 0 amide bonds. The number of hydrogen-bond donors (Lipinski definition) is 1. The zero-order chi connectivity index (χ0) is 12.3. The lowest BCUT2D eigenvalue weighted by atomic mass is 10.1. The van der Waals surface area contributed by atoms with E-state index < -0.39 is 0 Å². The molecule has 1 aromatic heterocycles. The lowest BCUT2D eigenvalue weighted by Gasteiger charge is -2.12. The van der Waals surface area contributed by atoms with Gasteiger partial charge in [0.1, 0.15) is 5.82 Å². The van der Waals surface area contributed by atoms with Crippen molar-refractivity contribution < 1.29 is 8.91 Å². The number of nitrogens with one attached hydrogen (secondary N) is 1. The van der Waals surface area contributed by atoms with Crippen molar-refractivity contribution in [2.45, 2.75) is 26.4 Å². The SMILES string of the molecule is Cc1cc(CNC(C)c2ccc(F)cc2)on1. The van der Waals surface area contributed by atoms with E-state index in [0.29, 0.717) is 6.54 Å². The molecule has 1 aromatic carbocycles. The van der Waals surface area contributed by atoms with Crippen molar-refractivity contribution in [3.05, 3.63) is 53.2 Å². The van der Waals surface area contributed by atoms with Gasteiger partial charge in [0.05, 0.1) is 12.2 Å². The van der Waals surface area contributed by atoms with Gasteiger partial charge >= 0.3 is 0 Å². The van der Waals surface area contributed by atoms with Crippen LogP contribution in [0.5, 0.6) is 0 Å². The maximum absolute atomic E-state index is 12.8. The van der Waals surface area contributed by atoms with Gasteiger partial charge in [-0.05, 0) is 31.5 Å². The molecule has 1 N–H and O–H groups in total. The monoisotopic (exact) mass is 234 g/mol. The molecule has 0 spiro atoms. The van der Waals surface area contributed by atoms with Gasteiger partial charge in [0.15, 0.2) is 5.76 Å². The van der Waals surface area contributed by atoms with Gasteiger partial charge < -0.3 is 9.84 Å². The third-order valence-electron chi connectivity index (χ3n) is 2.63. The first kappa shape index (κ1) is 11.8. The number of rotatable bonds is 4. The van der Waals surface area contributed by atoms with Crippen LogP contribution in [-0.4, -0.2) is 5.16 Å². The van der Waals surface area contributed by atoms with Crippen LogP contribution in [0.25, 0.3) is 0 Å². The summed E-state index contributed by atoms with van der Waals surface area (Å²) >= 11 is 0. The summed E-state index contributed by atoms with van der Waals surface area (Å²) in [4.78, 5) is 0. The van der Waals surface area contributed by atoms with Crippen LogP contribution < -0.4 is 5.32 Å². The third kappa shape index (κ3) is 3.14. The van der Waals surface area contributed by atoms with E-state index in [4.69, 9.17) is 4.52 Å². The molecule has 90 valence electrons. The van der Waals surface area contributed by atoms with Crippen molar-refractivity contribution in [2.24, 2.45) is 0 Å². The number of aryl methyl sites for hydroxylation is 1. The van der Waals surface area contributed by atoms with Gasteiger partial charge in [-0.15, -0.1) is 0 Å². The Morgan fingerprint density at radius 1 is 1.35 bits per heavy atom. The topological polar surface area (TPSA) is 38.1 Å². The first-order valence-electron chi connectivity index (χ1n) is 5.56. The number of hydrogen-bond acceptors (Lipinski definition) is 3. The van der Waals surface area contributed by atoms with Crippen LogP contribution in [0.15, 0.2) is 34.9 Å². The third-order valence-corrected chi connectivity index (χ3v) is 2.63. The van der Waals surface area contributed by atoms with Gasteiger partial charge in [0, 0.05) is 12.1 Å². The summed E-state index contributed by atoms with van der Waals surface area (Å²) in [5, 5.41) is 7.11. The molecule has 3 nitrogen and oxygen atoms in total. The fourth-order valence-electron chi connectivity index (χ4n) is 1.62. The van der Waals surface area contributed by atoms with E-state index in [1.165, 1.54) is 12.1 Å². The maximum atomic E-state index is 12.8. The van der Waals surface area contributed by atoms with E-state index in [0.717, 1.165) is 17.0 Å². The smallest absolute Gasteiger partial charge is 0.150 e. The van der Waals surface area contributed by atoms with E-state index in [-0.39, 0.29) is 11.9 Å². The van der Waals surface area contributed by atoms with E-state index in [1.807, 2.05) is 19.9 Å². The fraction of sp³-hybridized carbons (Fsp3) is 0.308. The van der Waals surface area contributed by atoms with Gasteiger partial charge in [0.2, 0.25) is 0 Å². The average Bonchev–Trinajstić information content (AvgIpc) is 2.73. The number of aromatic nitrogens is 1. The van der Waals surface area contributed by atoms with Gasteiger partial charge in [-0.1, -0.05) is 17.3 Å². The Morgan fingerprint density at radius 2 is 2.06 bits per heavy atom. The number of benzene rings is 1. The molecule has 17 heavy (non-hydrogen) atoms. The normalized spacial score (nSPS) is 12.6. The summed E-state index contributed by atoms with van der Waals surface area (Å²) in [7, 11) is 0. The molecular formula is C13H15FN2O. The number of nitrogens with zero attached hydrogens (tertiary/aromatic N) is 1. The molecule has 2 aromatic rings. The fourth-order valence-corrected chi connectivity index (χ4v) is 1.62. The quantitative estimate of drug-likeness (QED) is 0.883. The van der Waals surface area contributed by atoms with Gasteiger partial charge in [-0.2, -0.15) is 0 Å². The molecule has 0 saturated carbocycles. The largest absolute Gasteiger partial charge is 0.360 e. The molecular weight excluding hydrogens is 219 g/mol. The van der Waals surface area contributed by atoms with Crippen molar-refractivity contribution in [1.29, 1.82) is 0 Å². The van der Waals surface area contributed by atoms with Gasteiger partial charge in [-0.3, -0.25) is 0 Å². The van der Waals surface area contributed by atoms with E-state index in [9.17, 15) is 4.39 Å².